The Morgan fingerprint density at radius 2 is 2.09 bits per heavy atom. The summed E-state index contributed by atoms with van der Waals surface area (Å²) < 4.78 is 11.9. The van der Waals surface area contributed by atoms with Gasteiger partial charge in [0.1, 0.15) is 30.5 Å². The summed E-state index contributed by atoms with van der Waals surface area (Å²) in [4.78, 5) is 22.8. The van der Waals surface area contributed by atoms with Crippen molar-refractivity contribution in [1.82, 2.24) is 14.9 Å². The number of hydrogen-bond donors (Lipinski definition) is 3. The molecule has 32 heavy (non-hydrogen) atoms. The number of carbonyl (C=O) groups excluding carboxylic acids is 1. The fourth-order valence-corrected chi connectivity index (χ4v) is 4.48. The van der Waals surface area contributed by atoms with Crippen molar-refractivity contribution in [3.05, 3.63) is 34.1 Å². The highest BCUT2D eigenvalue weighted by Crippen LogP contribution is 2.43. The Kier molecular flexibility index (Phi) is 6.30. The van der Waals surface area contributed by atoms with E-state index in [-0.39, 0.29) is 30.7 Å². The monoisotopic (exact) mass is 460 g/mol. The molecule has 0 spiro atoms. The second-order valence-electron chi connectivity index (χ2n) is 8.30. The van der Waals surface area contributed by atoms with Gasteiger partial charge in [0.15, 0.2) is 11.6 Å². The van der Waals surface area contributed by atoms with Crippen molar-refractivity contribution in [2.24, 2.45) is 0 Å². The molecule has 2 atom stereocenters. The van der Waals surface area contributed by atoms with Crippen molar-refractivity contribution in [2.75, 3.05) is 42.9 Å². The first-order valence-corrected chi connectivity index (χ1v) is 11.1. The Balaban J connectivity index is 1.70. The van der Waals surface area contributed by atoms with E-state index in [2.05, 4.69) is 25.9 Å². The molecule has 1 aromatic heterocycles. The molecule has 0 radical (unpaired) electrons. The third-order valence-corrected chi connectivity index (χ3v) is 6.37. The van der Waals surface area contributed by atoms with Gasteiger partial charge in [-0.25, -0.2) is 9.97 Å². The van der Waals surface area contributed by atoms with Crippen LogP contribution in [0.25, 0.3) is 0 Å². The molecule has 2 unspecified atom stereocenters. The van der Waals surface area contributed by atoms with Crippen LogP contribution < -0.4 is 20.7 Å². The number of rotatable bonds is 6. The van der Waals surface area contributed by atoms with Gasteiger partial charge in [-0.05, 0) is 39.3 Å². The highest BCUT2D eigenvalue weighted by atomic mass is 35.5. The number of ether oxygens (including phenoxy) is 2. The molecule has 3 heterocycles. The molecule has 1 saturated heterocycles. The molecule has 9 nitrogen and oxygen atoms in total. The zero-order valence-electron chi connectivity index (χ0n) is 19.0. The number of aromatic nitrogens is 2. The number of halogens is 1. The summed E-state index contributed by atoms with van der Waals surface area (Å²) in [5.74, 6) is 2.15. The van der Waals surface area contributed by atoms with Crippen LogP contribution in [0.2, 0.25) is 5.02 Å². The molecule has 172 valence electrons. The summed E-state index contributed by atoms with van der Waals surface area (Å²) in [5, 5.41) is 10.5. The van der Waals surface area contributed by atoms with E-state index in [4.69, 9.17) is 21.1 Å². The van der Waals surface area contributed by atoms with Gasteiger partial charge < -0.3 is 30.3 Å². The van der Waals surface area contributed by atoms with Gasteiger partial charge in [0, 0.05) is 22.2 Å². The smallest absolute Gasteiger partial charge is 0.248 e. The first kappa shape index (κ1) is 22.4. The van der Waals surface area contributed by atoms with Crippen LogP contribution in [-0.2, 0) is 9.53 Å². The predicted octanol–water partition coefficient (Wildman–Crippen LogP) is 3.72. The maximum atomic E-state index is 12.3. The lowest BCUT2D eigenvalue weighted by Gasteiger charge is -2.37. The highest BCUT2D eigenvalue weighted by molar-refractivity contribution is 6.31. The molecule has 2 aliphatic heterocycles. The van der Waals surface area contributed by atoms with Gasteiger partial charge in [0.2, 0.25) is 5.91 Å². The van der Waals surface area contributed by atoms with Crippen molar-refractivity contribution in [2.45, 2.75) is 45.9 Å². The Hall–Kier alpha value is -2.78. The van der Waals surface area contributed by atoms with Crippen LogP contribution >= 0.6 is 11.6 Å². The summed E-state index contributed by atoms with van der Waals surface area (Å²) >= 11 is 6.67. The lowest BCUT2D eigenvalue weighted by molar-refractivity contribution is -0.151. The number of nitrogens with zero attached hydrogens (tertiary/aromatic N) is 3. The largest absolute Gasteiger partial charge is 0.496 e. The van der Waals surface area contributed by atoms with E-state index < -0.39 is 0 Å². The van der Waals surface area contributed by atoms with Crippen molar-refractivity contribution >= 4 is 34.8 Å². The number of anilines is 3. The minimum absolute atomic E-state index is 0.0103. The molecule has 1 fully saturated rings. The number of methoxy groups -OCH3 is 1. The molecule has 1 amide bonds. The standard InChI is InChI=1S/C22H29ClN6O3/c1-11(2)29-7-16(32-8-17(29)30)18-12(3)15(23)6-14(20(18)31-5)13(4)28-22-19-21(25-9-24-19)26-10-27-22/h6,10-11,13,16,24H,7-9H2,1-5H3,(H2,25,26,27,28). The number of fused-ring (bicyclic) bond motifs is 1. The Labute approximate surface area is 192 Å². The molecule has 4 rings (SSSR count). The minimum Gasteiger partial charge on any atom is -0.496 e. The number of morpholine rings is 1. The number of benzene rings is 1. The van der Waals surface area contributed by atoms with Gasteiger partial charge in [-0.15, -0.1) is 0 Å². The Bertz CT molecular complexity index is 1030. The number of hydrogen-bond acceptors (Lipinski definition) is 8. The molecule has 1 aromatic carbocycles. The molecule has 0 bridgehead atoms. The van der Waals surface area contributed by atoms with E-state index >= 15 is 0 Å². The molecular weight excluding hydrogens is 432 g/mol. The van der Waals surface area contributed by atoms with E-state index in [1.165, 1.54) is 6.33 Å². The summed E-state index contributed by atoms with van der Waals surface area (Å²) in [5.41, 5.74) is 3.47. The molecule has 0 aliphatic carbocycles. The van der Waals surface area contributed by atoms with Gasteiger partial charge in [-0.3, -0.25) is 4.79 Å². The number of carbonyl (C=O) groups is 1. The van der Waals surface area contributed by atoms with Gasteiger partial charge in [0.25, 0.3) is 0 Å². The van der Waals surface area contributed by atoms with E-state index in [1.54, 1.807) is 7.11 Å². The van der Waals surface area contributed by atoms with Crippen LogP contribution in [0.15, 0.2) is 12.4 Å². The van der Waals surface area contributed by atoms with Gasteiger partial charge >= 0.3 is 0 Å². The highest BCUT2D eigenvalue weighted by Gasteiger charge is 2.34. The van der Waals surface area contributed by atoms with Crippen LogP contribution in [0.3, 0.4) is 0 Å². The first-order chi connectivity index (χ1) is 15.3. The fraction of sp³-hybridized carbons (Fsp3) is 0.500. The third kappa shape index (κ3) is 4.02. The topological polar surface area (TPSA) is 101 Å². The summed E-state index contributed by atoms with van der Waals surface area (Å²) in [6.45, 7) is 9.07. The number of amides is 1. The molecular formula is C22H29ClN6O3. The SMILES string of the molecule is COc1c(C(C)Nc2ncnc3c2NCN3)cc(Cl)c(C)c1C1CN(C(C)C)C(=O)CO1. The summed E-state index contributed by atoms with van der Waals surface area (Å²) in [7, 11) is 1.64. The summed E-state index contributed by atoms with van der Waals surface area (Å²) in [6.07, 6.45) is 1.19. The van der Waals surface area contributed by atoms with Crippen molar-refractivity contribution in [1.29, 1.82) is 0 Å². The molecule has 0 saturated carbocycles. The van der Waals surface area contributed by atoms with E-state index in [0.29, 0.717) is 29.8 Å². The average Bonchev–Trinajstić information content (AvgIpc) is 3.25. The maximum Gasteiger partial charge on any atom is 0.248 e. The minimum atomic E-state index is -0.330. The van der Waals surface area contributed by atoms with Crippen molar-refractivity contribution < 1.29 is 14.3 Å². The zero-order chi connectivity index (χ0) is 23.0. The summed E-state index contributed by atoms with van der Waals surface area (Å²) in [6, 6.07) is 1.83. The lowest BCUT2D eigenvalue weighted by Crippen LogP contribution is -2.46. The fourth-order valence-electron chi connectivity index (χ4n) is 4.26. The molecule has 2 aliphatic rings. The predicted molar refractivity (Wildman–Crippen MR) is 124 cm³/mol. The van der Waals surface area contributed by atoms with Gasteiger partial charge in [-0.2, -0.15) is 0 Å². The molecule has 2 aromatic rings. The quantitative estimate of drug-likeness (QED) is 0.599. The van der Waals surface area contributed by atoms with E-state index in [9.17, 15) is 4.79 Å². The van der Waals surface area contributed by atoms with Crippen LogP contribution in [0, 0.1) is 6.92 Å². The Morgan fingerprint density at radius 1 is 1.31 bits per heavy atom. The van der Waals surface area contributed by atoms with E-state index in [0.717, 1.165) is 28.2 Å². The Morgan fingerprint density at radius 3 is 2.81 bits per heavy atom. The van der Waals surface area contributed by atoms with Gasteiger partial charge in [-0.1, -0.05) is 11.6 Å². The van der Waals surface area contributed by atoms with E-state index in [1.807, 2.05) is 38.7 Å². The normalized spacial score (nSPS) is 18.8. The second kappa shape index (κ2) is 8.99. The van der Waals surface area contributed by atoms with Crippen LogP contribution in [-0.4, -0.2) is 53.7 Å². The molecule has 3 N–H and O–H groups in total. The second-order valence-corrected chi connectivity index (χ2v) is 8.71. The van der Waals surface area contributed by atoms with Crippen LogP contribution in [0.5, 0.6) is 5.75 Å². The maximum absolute atomic E-state index is 12.3. The molecule has 10 heteroatoms. The first-order valence-electron chi connectivity index (χ1n) is 10.7. The average molecular weight is 461 g/mol. The van der Waals surface area contributed by atoms with Crippen LogP contribution in [0.1, 0.15) is 49.6 Å². The number of nitrogens with one attached hydrogen (secondary N) is 3. The third-order valence-electron chi connectivity index (χ3n) is 5.98. The van der Waals surface area contributed by atoms with Crippen molar-refractivity contribution in [3.63, 3.8) is 0 Å². The van der Waals surface area contributed by atoms with Crippen LogP contribution in [0.4, 0.5) is 17.3 Å². The lowest BCUT2D eigenvalue weighted by atomic mass is 9.94. The van der Waals surface area contributed by atoms with Crippen molar-refractivity contribution in [3.8, 4) is 5.75 Å². The zero-order valence-corrected chi connectivity index (χ0v) is 19.7. The van der Waals surface area contributed by atoms with Gasteiger partial charge in [0.05, 0.1) is 26.4 Å².